The Bertz CT molecular complexity index is 969. The van der Waals surface area contributed by atoms with Gasteiger partial charge in [-0.25, -0.2) is 12.7 Å². The molecule has 0 saturated carbocycles. The maximum Gasteiger partial charge on any atom is 0.272 e. The van der Waals surface area contributed by atoms with Crippen LogP contribution < -0.4 is 5.32 Å². The van der Waals surface area contributed by atoms with E-state index in [0.717, 1.165) is 22.7 Å². The number of hydrogen-bond donors (Lipinski definition) is 1. The van der Waals surface area contributed by atoms with Crippen molar-refractivity contribution in [3.05, 3.63) is 17.5 Å². The fraction of sp³-hybridized carbons (Fsp3) is 0.750. The molecule has 4 rings (SSSR count). The summed E-state index contributed by atoms with van der Waals surface area (Å²) in [4.78, 5) is 28.4. The molecular weight excluding hydrogens is 422 g/mol. The summed E-state index contributed by atoms with van der Waals surface area (Å²) in [5.74, 6) is -1.24. The Hall–Kier alpha value is -1.98. The molecule has 2 amide bonds. The van der Waals surface area contributed by atoms with Crippen LogP contribution in [0, 0.1) is 11.8 Å². The molecule has 0 spiro atoms. The van der Waals surface area contributed by atoms with E-state index in [0.29, 0.717) is 38.3 Å². The summed E-state index contributed by atoms with van der Waals surface area (Å²) in [7, 11) is -1.97. The zero-order valence-electron chi connectivity index (χ0n) is 18.4. The Kier molecular flexibility index (Phi) is 5.86. The van der Waals surface area contributed by atoms with Crippen LogP contribution in [0.15, 0.2) is 6.20 Å². The molecule has 0 aromatic carbocycles. The van der Waals surface area contributed by atoms with Crippen LogP contribution in [0.5, 0.6) is 0 Å². The number of aryl methyl sites for hydroxylation is 1. The summed E-state index contributed by atoms with van der Waals surface area (Å²) in [5.41, 5.74) is 1.31. The number of fused-ring (bicyclic) bond motifs is 1. The third kappa shape index (κ3) is 3.87. The quantitative estimate of drug-likeness (QED) is 0.646. The minimum absolute atomic E-state index is 0.0882. The van der Waals surface area contributed by atoms with E-state index in [1.807, 2.05) is 13.8 Å². The van der Waals surface area contributed by atoms with E-state index in [9.17, 15) is 18.0 Å². The highest BCUT2D eigenvalue weighted by Gasteiger charge is 2.58. The molecule has 4 atom stereocenters. The van der Waals surface area contributed by atoms with Gasteiger partial charge in [0.05, 0.1) is 43.7 Å². The molecule has 1 unspecified atom stereocenters. The van der Waals surface area contributed by atoms with Gasteiger partial charge in [-0.2, -0.15) is 5.10 Å². The maximum absolute atomic E-state index is 13.7. The molecule has 1 aromatic rings. The molecule has 31 heavy (non-hydrogen) atoms. The van der Waals surface area contributed by atoms with Crippen molar-refractivity contribution in [1.82, 2.24) is 24.3 Å². The largest absolute Gasteiger partial charge is 0.379 e. The third-order valence-electron chi connectivity index (χ3n) is 6.61. The molecule has 0 bridgehead atoms. The second kappa shape index (κ2) is 8.18. The highest BCUT2D eigenvalue weighted by atomic mass is 32.2. The van der Waals surface area contributed by atoms with Crippen LogP contribution in [0.2, 0.25) is 0 Å². The van der Waals surface area contributed by atoms with Gasteiger partial charge in [0.2, 0.25) is 15.9 Å². The van der Waals surface area contributed by atoms with Gasteiger partial charge in [0.1, 0.15) is 5.69 Å². The van der Waals surface area contributed by atoms with Crippen molar-refractivity contribution >= 4 is 21.8 Å². The number of morpholine rings is 1. The van der Waals surface area contributed by atoms with E-state index in [-0.39, 0.29) is 17.9 Å². The van der Waals surface area contributed by atoms with Gasteiger partial charge in [-0.15, -0.1) is 0 Å². The lowest BCUT2D eigenvalue weighted by Crippen LogP contribution is -2.45. The number of rotatable bonds is 5. The highest BCUT2D eigenvalue weighted by molar-refractivity contribution is 7.88. The Balaban J connectivity index is 1.64. The first-order valence-corrected chi connectivity index (χ1v) is 12.6. The number of hydrogen-bond acceptors (Lipinski definition) is 7. The summed E-state index contributed by atoms with van der Waals surface area (Å²) < 4.78 is 32.8. The average molecular weight is 454 g/mol. The van der Waals surface area contributed by atoms with E-state index in [4.69, 9.17) is 4.74 Å². The van der Waals surface area contributed by atoms with Crippen LogP contribution in [-0.2, 0) is 33.0 Å². The van der Waals surface area contributed by atoms with Crippen LogP contribution in [0.1, 0.15) is 36.3 Å². The Labute approximate surface area is 182 Å². The van der Waals surface area contributed by atoms with E-state index in [2.05, 4.69) is 10.4 Å². The predicted octanol–water partition coefficient (Wildman–Crippen LogP) is -0.392. The smallest absolute Gasteiger partial charge is 0.272 e. The molecule has 0 radical (unpaired) electrons. The number of carbonyl (C=O) groups is 2. The highest BCUT2D eigenvalue weighted by Crippen LogP contribution is 2.41. The second-order valence-electron chi connectivity index (χ2n) is 9.08. The lowest BCUT2D eigenvalue weighted by molar-refractivity contribution is -0.129. The van der Waals surface area contributed by atoms with Crippen LogP contribution in [0.25, 0.3) is 0 Å². The molecule has 1 N–H and O–H groups in total. The lowest BCUT2D eigenvalue weighted by atomic mass is 9.88. The minimum Gasteiger partial charge on any atom is -0.379 e. The summed E-state index contributed by atoms with van der Waals surface area (Å²) in [6.45, 7) is 6.22. The summed E-state index contributed by atoms with van der Waals surface area (Å²) in [5, 5.41) is 7.71. The molecule has 1 aromatic heterocycles. The fourth-order valence-electron chi connectivity index (χ4n) is 5.33. The van der Waals surface area contributed by atoms with Crippen molar-refractivity contribution in [3.8, 4) is 0 Å². The number of carbonyl (C=O) groups excluding carboxylic acids is 2. The number of likely N-dealkylation sites (tertiary alicyclic amines) is 1. The molecule has 4 heterocycles. The molecule has 3 fully saturated rings. The summed E-state index contributed by atoms with van der Waals surface area (Å²) in [6.07, 6.45) is 3.83. The number of amides is 2. The lowest BCUT2D eigenvalue weighted by Gasteiger charge is -2.30. The molecule has 0 aliphatic carbocycles. The van der Waals surface area contributed by atoms with E-state index in [1.165, 1.54) is 0 Å². The van der Waals surface area contributed by atoms with Crippen molar-refractivity contribution in [2.45, 2.75) is 44.8 Å². The summed E-state index contributed by atoms with van der Waals surface area (Å²) in [6, 6.07) is -0.870. The monoisotopic (exact) mass is 453 g/mol. The van der Waals surface area contributed by atoms with Gasteiger partial charge in [-0.3, -0.25) is 14.3 Å². The van der Waals surface area contributed by atoms with Gasteiger partial charge < -0.3 is 15.0 Å². The molecule has 11 heteroatoms. The van der Waals surface area contributed by atoms with Crippen LogP contribution in [0.3, 0.4) is 0 Å². The van der Waals surface area contributed by atoms with Gasteiger partial charge in [-0.05, 0) is 18.8 Å². The van der Waals surface area contributed by atoms with Gasteiger partial charge in [0, 0.05) is 31.7 Å². The Morgan fingerprint density at radius 3 is 2.74 bits per heavy atom. The van der Waals surface area contributed by atoms with Gasteiger partial charge in [-0.1, -0.05) is 13.8 Å². The van der Waals surface area contributed by atoms with Crippen molar-refractivity contribution in [1.29, 1.82) is 0 Å². The Morgan fingerprint density at radius 1 is 1.39 bits per heavy atom. The minimum atomic E-state index is -3.70. The van der Waals surface area contributed by atoms with Crippen LogP contribution in [-0.4, -0.2) is 89.9 Å². The van der Waals surface area contributed by atoms with Crippen LogP contribution >= 0.6 is 0 Å². The van der Waals surface area contributed by atoms with Crippen molar-refractivity contribution in [2.24, 2.45) is 18.9 Å². The number of ether oxygens (including phenoxy) is 1. The van der Waals surface area contributed by atoms with Crippen molar-refractivity contribution in [3.63, 3.8) is 0 Å². The normalized spacial score (nSPS) is 29.1. The standard InChI is InChI=1S/C20H31N5O5S/c1-12(2)16-18-15(25(19(16)26)31(4,28)29)5-7-24(18)20(27)17-13(10-22-23(17)3)9-14-11-30-8-6-21-14/h10,12,14-16,18,21H,5-9,11H2,1-4H3/t14?,15-,16+,18-/m0/s1. The maximum atomic E-state index is 13.7. The molecule has 172 valence electrons. The van der Waals surface area contributed by atoms with E-state index in [1.54, 1.807) is 22.8 Å². The summed E-state index contributed by atoms with van der Waals surface area (Å²) >= 11 is 0. The zero-order chi connectivity index (χ0) is 22.5. The topological polar surface area (TPSA) is 114 Å². The Morgan fingerprint density at radius 2 is 2.13 bits per heavy atom. The number of nitrogens with one attached hydrogen (secondary N) is 1. The van der Waals surface area contributed by atoms with Crippen LogP contribution in [0.4, 0.5) is 0 Å². The SMILES string of the molecule is CC(C)[C@H]1C(=O)N(S(C)(=O)=O)[C@H]2CCN(C(=O)c3c(CC4COCCN4)cnn3C)[C@H]12. The molecule has 10 nitrogen and oxygen atoms in total. The van der Waals surface area contributed by atoms with Crippen molar-refractivity contribution in [2.75, 3.05) is 32.6 Å². The third-order valence-corrected chi connectivity index (χ3v) is 7.78. The van der Waals surface area contributed by atoms with E-state index >= 15 is 0 Å². The number of sulfonamides is 1. The number of aromatic nitrogens is 2. The molecule has 3 aliphatic heterocycles. The van der Waals surface area contributed by atoms with Gasteiger partial charge in [0.15, 0.2) is 0 Å². The van der Waals surface area contributed by atoms with E-state index < -0.39 is 33.9 Å². The average Bonchev–Trinajstić information content (AvgIpc) is 3.33. The number of nitrogens with zero attached hydrogens (tertiary/aromatic N) is 4. The zero-order valence-corrected chi connectivity index (χ0v) is 19.3. The predicted molar refractivity (Wildman–Crippen MR) is 113 cm³/mol. The van der Waals surface area contributed by atoms with Crippen molar-refractivity contribution < 1.29 is 22.7 Å². The molecule has 3 aliphatic rings. The second-order valence-corrected chi connectivity index (χ2v) is 10.9. The molecule has 3 saturated heterocycles. The fourth-order valence-corrected chi connectivity index (χ4v) is 6.50. The van der Waals surface area contributed by atoms with Gasteiger partial charge >= 0.3 is 0 Å². The first-order chi connectivity index (χ1) is 14.6. The first kappa shape index (κ1) is 22.2. The molecular formula is C20H31N5O5S. The van der Waals surface area contributed by atoms with Gasteiger partial charge in [0.25, 0.3) is 5.91 Å². The first-order valence-electron chi connectivity index (χ1n) is 10.8.